The van der Waals surface area contributed by atoms with Gasteiger partial charge in [-0.15, -0.1) is 0 Å². The van der Waals surface area contributed by atoms with Gasteiger partial charge < -0.3 is 14.8 Å². The van der Waals surface area contributed by atoms with Gasteiger partial charge in [-0.1, -0.05) is 30.3 Å². The van der Waals surface area contributed by atoms with Crippen molar-refractivity contribution in [2.75, 3.05) is 25.6 Å². The van der Waals surface area contributed by atoms with E-state index >= 15 is 0 Å². The predicted octanol–water partition coefficient (Wildman–Crippen LogP) is 4.28. The van der Waals surface area contributed by atoms with Crippen molar-refractivity contribution < 1.29 is 22.7 Å². The lowest BCUT2D eigenvalue weighted by atomic mass is 9.94. The molecule has 180 valence electrons. The number of rotatable bonds is 9. The van der Waals surface area contributed by atoms with Gasteiger partial charge >= 0.3 is 0 Å². The van der Waals surface area contributed by atoms with E-state index in [-0.39, 0.29) is 10.8 Å². The van der Waals surface area contributed by atoms with E-state index in [4.69, 9.17) is 9.47 Å². The van der Waals surface area contributed by atoms with Gasteiger partial charge in [-0.3, -0.25) is 9.10 Å². The number of carbonyl (C=O) groups is 1. The third kappa shape index (κ3) is 5.69. The van der Waals surface area contributed by atoms with Crippen LogP contribution in [0.2, 0.25) is 0 Å². The van der Waals surface area contributed by atoms with Crippen molar-refractivity contribution in [1.82, 2.24) is 5.32 Å². The summed E-state index contributed by atoms with van der Waals surface area (Å²) in [7, 11) is 0.546. The first-order chi connectivity index (χ1) is 16.1. The normalized spacial score (nSPS) is 11.6. The van der Waals surface area contributed by atoms with Crippen molar-refractivity contribution in [3.05, 3.63) is 83.9 Å². The van der Waals surface area contributed by atoms with E-state index in [1.54, 1.807) is 30.3 Å². The largest absolute Gasteiger partial charge is 0.493 e. The summed E-state index contributed by atoms with van der Waals surface area (Å²) in [6.07, 6.45) is 0.684. The summed E-state index contributed by atoms with van der Waals surface area (Å²) in [5.41, 5.74) is 1.55. The van der Waals surface area contributed by atoms with Crippen LogP contribution in [-0.2, 0) is 16.4 Å². The Morgan fingerprint density at radius 3 is 2.12 bits per heavy atom. The molecule has 0 bridgehead atoms. The second kappa shape index (κ2) is 10.2. The zero-order chi connectivity index (χ0) is 24.9. The Balaban J connectivity index is 1.74. The molecule has 0 heterocycles. The Kier molecular flexibility index (Phi) is 7.51. The molecule has 0 unspecified atom stereocenters. The third-order valence-corrected chi connectivity index (χ3v) is 7.23. The van der Waals surface area contributed by atoms with Crippen molar-refractivity contribution >= 4 is 21.6 Å². The summed E-state index contributed by atoms with van der Waals surface area (Å²) >= 11 is 0. The van der Waals surface area contributed by atoms with Gasteiger partial charge in [0, 0.05) is 24.2 Å². The quantitative estimate of drug-likeness (QED) is 0.492. The topological polar surface area (TPSA) is 84.9 Å². The maximum atomic E-state index is 13.1. The highest BCUT2D eigenvalue weighted by molar-refractivity contribution is 7.92. The molecular weight excluding hydrogens is 452 g/mol. The predicted molar refractivity (Wildman–Crippen MR) is 133 cm³/mol. The van der Waals surface area contributed by atoms with Crippen molar-refractivity contribution in [2.45, 2.75) is 30.7 Å². The SMILES string of the molecule is COc1ccc(S(=O)(=O)N(C)c2ccc(C(=O)NC(C)(C)Cc3ccccc3)cc2)cc1OC. The first-order valence-corrected chi connectivity index (χ1v) is 12.2. The molecule has 3 aromatic rings. The van der Waals surface area contributed by atoms with Gasteiger partial charge in [0.1, 0.15) is 0 Å². The number of nitrogens with zero attached hydrogens (tertiary/aromatic N) is 1. The molecule has 0 saturated carbocycles. The first-order valence-electron chi connectivity index (χ1n) is 10.7. The zero-order valence-electron chi connectivity index (χ0n) is 20.0. The highest BCUT2D eigenvalue weighted by Gasteiger charge is 2.24. The second-order valence-corrected chi connectivity index (χ2v) is 10.5. The second-order valence-electron chi connectivity index (χ2n) is 8.54. The number of sulfonamides is 1. The number of benzene rings is 3. The van der Waals surface area contributed by atoms with Crippen molar-refractivity contribution in [3.63, 3.8) is 0 Å². The molecule has 7 nitrogen and oxygen atoms in total. The third-order valence-electron chi connectivity index (χ3n) is 5.45. The lowest BCUT2D eigenvalue weighted by molar-refractivity contribution is 0.0913. The molecule has 0 aliphatic rings. The highest BCUT2D eigenvalue weighted by Crippen LogP contribution is 2.31. The maximum Gasteiger partial charge on any atom is 0.264 e. The van der Waals surface area contributed by atoms with Gasteiger partial charge in [0.15, 0.2) is 11.5 Å². The number of amides is 1. The fourth-order valence-corrected chi connectivity index (χ4v) is 4.84. The Hall–Kier alpha value is -3.52. The molecular formula is C26H30N2O5S. The minimum Gasteiger partial charge on any atom is -0.493 e. The molecule has 3 aromatic carbocycles. The summed E-state index contributed by atoms with van der Waals surface area (Å²) < 4.78 is 37.8. The van der Waals surface area contributed by atoms with E-state index in [1.165, 1.54) is 33.4 Å². The van der Waals surface area contributed by atoms with E-state index in [0.717, 1.165) is 9.87 Å². The molecule has 0 atom stereocenters. The fraction of sp³-hybridized carbons (Fsp3) is 0.269. The Morgan fingerprint density at radius 2 is 1.53 bits per heavy atom. The fourth-order valence-electron chi connectivity index (χ4n) is 3.63. The van der Waals surface area contributed by atoms with Crippen molar-refractivity contribution in [1.29, 1.82) is 0 Å². The van der Waals surface area contributed by atoms with Crippen LogP contribution in [0.25, 0.3) is 0 Å². The van der Waals surface area contributed by atoms with Crippen LogP contribution in [0.4, 0.5) is 5.69 Å². The first kappa shape index (κ1) is 25.1. The smallest absolute Gasteiger partial charge is 0.264 e. The number of anilines is 1. The molecule has 1 amide bonds. The number of hydrogen-bond acceptors (Lipinski definition) is 5. The molecule has 0 saturated heterocycles. The average Bonchev–Trinajstić information content (AvgIpc) is 2.83. The standard InChI is InChI=1S/C26H30N2O5S/c1-26(2,18-19-9-7-6-8-10-19)27-25(29)20-11-13-21(14-12-20)28(3)34(30,31)22-15-16-23(32-4)24(17-22)33-5/h6-17H,18H2,1-5H3,(H,27,29). The van der Waals surface area contributed by atoms with Gasteiger partial charge in [-0.05, 0) is 62.2 Å². The minimum absolute atomic E-state index is 0.0668. The molecule has 1 N–H and O–H groups in total. The van der Waals surface area contributed by atoms with Crippen LogP contribution in [0.3, 0.4) is 0 Å². The van der Waals surface area contributed by atoms with E-state index in [2.05, 4.69) is 5.32 Å². The van der Waals surface area contributed by atoms with Gasteiger partial charge in [0.2, 0.25) is 0 Å². The molecule has 0 aliphatic carbocycles. The lowest BCUT2D eigenvalue weighted by Gasteiger charge is -2.27. The van der Waals surface area contributed by atoms with Gasteiger partial charge in [-0.2, -0.15) is 0 Å². The van der Waals surface area contributed by atoms with E-state index in [9.17, 15) is 13.2 Å². The van der Waals surface area contributed by atoms with Crippen LogP contribution in [0.1, 0.15) is 29.8 Å². The molecule has 0 spiro atoms. The number of hydrogen-bond donors (Lipinski definition) is 1. The summed E-state index contributed by atoms with van der Waals surface area (Å²) in [6.45, 7) is 3.94. The van der Waals surface area contributed by atoms with E-state index in [1.807, 2.05) is 44.2 Å². The number of methoxy groups -OCH3 is 2. The van der Waals surface area contributed by atoms with E-state index < -0.39 is 15.6 Å². The van der Waals surface area contributed by atoms with Gasteiger partial charge in [0.05, 0.1) is 24.8 Å². The summed E-state index contributed by atoms with van der Waals surface area (Å²) in [6, 6.07) is 20.8. The van der Waals surface area contributed by atoms with Crippen molar-refractivity contribution in [3.8, 4) is 11.5 Å². The molecule has 3 rings (SSSR count). The monoisotopic (exact) mass is 482 g/mol. The average molecular weight is 483 g/mol. The number of carbonyl (C=O) groups excluding carboxylic acids is 1. The Bertz CT molecular complexity index is 1240. The molecule has 34 heavy (non-hydrogen) atoms. The maximum absolute atomic E-state index is 13.1. The van der Waals surface area contributed by atoms with E-state index in [0.29, 0.717) is 29.2 Å². The van der Waals surface area contributed by atoms with Crippen LogP contribution in [0.5, 0.6) is 11.5 Å². The minimum atomic E-state index is -3.85. The molecule has 8 heteroatoms. The molecule has 0 aliphatic heterocycles. The molecule has 0 radical (unpaired) electrons. The number of nitrogens with one attached hydrogen (secondary N) is 1. The highest BCUT2D eigenvalue weighted by atomic mass is 32.2. The Labute approximate surface area is 201 Å². The zero-order valence-corrected chi connectivity index (χ0v) is 20.8. The van der Waals surface area contributed by atoms with Gasteiger partial charge in [-0.25, -0.2) is 8.42 Å². The molecule has 0 aromatic heterocycles. The molecule has 0 fully saturated rings. The summed E-state index contributed by atoms with van der Waals surface area (Å²) in [5, 5.41) is 3.05. The van der Waals surface area contributed by atoms with Gasteiger partial charge in [0.25, 0.3) is 15.9 Å². The number of ether oxygens (including phenoxy) is 2. The summed E-state index contributed by atoms with van der Waals surface area (Å²) in [5.74, 6) is 0.537. The van der Waals surface area contributed by atoms with Crippen LogP contribution < -0.4 is 19.1 Å². The van der Waals surface area contributed by atoms with Crippen LogP contribution in [0, 0.1) is 0 Å². The van der Waals surface area contributed by atoms with Crippen LogP contribution >= 0.6 is 0 Å². The lowest BCUT2D eigenvalue weighted by Crippen LogP contribution is -2.45. The van der Waals surface area contributed by atoms with Crippen LogP contribution in [-0.4, -0.2) is 41.1 Å². The summed E-state index contributed by atoms with van der Waals surface area (Å²) in [4.78, 5) is 12.9. The Morgan fingerprint density at radius 1 is 0.912 bits per heavy atom. The van der Waals surface area contributed by atoms with Crippen LogP contribution in [0.15, 0.2) is 77.7 Å². The van der Waals surface area contributed by atoms with Crippen molar-refractivity contribution in [2.24, 2.45) is 0 Å².